The molecule has 5 nitrogen and oxygen atoms in total. The average Bonchev–Trinajstić information content (AvgIpc) is 2.81. The highest BCUT2D eigenvalue weighted by atomic mass is 19.4. The first kappa shape index (κ1) is 22.3. The zero-order valence-corrected chi connectivity index (χ0v) is 17.9. The van der Waals surface area contributed by atoms with Crippen LogP contribution in [0.5, 0.6) is 17.2 Å². The first-order valence-electron chi connectivity index (χ1n) is 9.81. The van der Waals surface area contributed by atoms with Gasteiger partial charge in [0.25, 0.3) is 0 Å². The highest BCUT2D eigenvalue weighted by Gasteiger charge is 2.30. The second kappa shape index (κ2) is 8.54. The van der Waals surface area contributed by atoms with Crippen LogP contribution in [0.25, 0.3) is 33.2 Å². The fraction of sp³-hybridized carbons (Fsp3) is 0.160. The molecule has 0 fully saturated rings. The van der Waals surface area contributed by atoms with E-state index in [9.17, 15) is 18.0 Å². The molecule has 0 spiro atoms. The number of benzene rings is 3. The average molecular weight is 456 g/mol. The number of halogens is 3. The molecule has 1 aromatic heterocycles. The predicted molar refractivity (Wildman–Crippen MR) is 118 cm³/mol. The molecule has 0 amide bonds. The molecule has 4 aromatic rings. The summed E-state index contributed by atoms with van der Waals surface area (Å²) in [6, 6.07) is 14.9. The molecule has 0 saturated heterocycles. The minimum absolute atomic E-state index is 0.243. The first-order valence-corrected chi connectivity index (χ1v) is 9.81. The molecular formula is C25H19F3O5. The number of methoxy groups -OCH3 is 3. The highest BCUT2D eigenvalue weighted by molar-refractivity contribution is 6.01. The molecule has 4 rings (SSSR count). The van der Waals surface area contributed by atoms with E-state index >= 15 is 0 Å². The van der Waals surface area contributed by atoms with Crippen LogP contribution in [0.2, 0.25) is 0 Å². The molecule has 3 aromatic carbocycles. The third-order valence-corrected chi connectivity index (χ3v) is 5.26. The number of rotatable bonds is 5. The lowest BCUT2D eigenvalue weighted by molar-refractivity contribution is -0.137. The first-order chi connectivity index (χ1) is 15.8. The van der Waals surface area contributed by atoms with E-state index in [-0.39, 0.29) is 5.58 Å². The molecule has 0 N–H and O–H groups in total. The molecule has 0 aliphatic carbocycles. The van der Waals surface area contributed by atoms with Crippen molar-refractivity contribution in [3.63, 3.8) is 0 Å². The van der Waals surface area contributed by atoms with Gasteiger partial charge in [-0.3, -0.25) is 0 Å². The Bertz CT molecular complexity index is 1370. The number of ether oxygens (including phenoxy) is 3. The Morgan fingerprint density at radius 2 is 1.42 bits per heavy atom. The van der Waals surface area contributed by atoms with Crippen LogP contribution in [-0.4, -0.2) is 21.3 Å². The van der Waals surface area contributed by atoms with Crippen LogP contribution in [0.4, 0.5) is 13.2 Å². The summed E-state index contributed by atoms with van der Waals surface area (Å²) in [5, 5.41) is 0.499. The molecule has 0 aliphatic heterocycles. The van der Waals surface area contributed by atoms with E-state index in [1.54, 1.807) is 30.3 Å². The van der Waals surface area contributed by atoms with Gasteiger partial charge >= 0.3 is 11.8 Å². The van der Waals surface area contributed by atoms with Crippen molar-refractivity contribution in [3.05, 3.63) is 76.6 Å². The van der Waals surface area contributed by atoms with Gasteiger partial charge in [0.1, 0.15) is 5.58 Å². The monoisotopic (exact) mass is 456 g/mol. The van der Waals surface area contributed by atoms with Gasteiger partial charge in [0.05, 0.1) is 32.3 Å². The standard InChI is InChI=1S/C25H19F3O5/c1-30-20-13-19-22(24(32-3)23(20)31-2)18(12-21(29)33-19)16-6-4-5-15(11-16)14-7-9-17(10-8-14)25(26,27)28/h4-13H,1-3H3. The van der Waals surface area contributed by atoms with Crippen LogP contribution < -0.4 is 19.8 Å². The van der Waals surface area contributed by atoms with Crippen molar-refractivity contribution < 1.29 is 31.8 Å². The SMILES string of the molecule is COc1cc2oc(=O)cc(-c3cccc(-c4ccc(C(F)(F)F)cc4)c3)c2c(OC)c1OC. The molecule has 0 atom stereocenters. The van der Waals surface area contributed by atoms with Crippen molar-refractivity contribution in [2.75, 3.05) is 21.3 Å². The van der Waals surface area contributed by atoms with E-state index in [1.165, 1.54) is 39.5 Å². The maximum Gasteiger partial charge on any atom is 0.416 e. The Hall–Kier alpha value is -3.94. The predicted octanol–water partition coefficient (Wildman–Crippen LogP) is 6.17. The minimum atomic E-state index is -4.41. The topological polar surface area (TPSA) is 57.9 Å². The van der Waals surface area contributed by atoms with Crippen LogP contribution >= 0.6 is 0 Å². The van der Waals surface area contributed by atoms with E-state index in [0.717, 1.165) is 12.1 Å². The normalized spacial score (nSPS) is 11.5. The zero-order chi connectivity index (χ0) is 23.8. The second-order valence-corrected chi connectivity index (χ2v) is 7.15. The molecule has 33 heavy (non-hydrogen) atoms. The molecular weight excluding hydrogens is 437 g/mol. The Morgan fingerprint density at radius 1 is 0.758 bits per heavy atom. The van der Waals surface area contributed by atoms with Gasteiger partial charge in [0.2, 0.25) is 5.75 Å². The molecule has 0 saturated carbocycles. The molecule has 8 heteroatoms. The summed E-state index contributed by atoms with van der Waals surface area (Å²) in [4.78, 5) is 12.3. The third-order valence-electron chi connectivity index (χ3n) is 5.26. The van der Waals surface area contributed by atoms with Crippen molar-refractivity contribution in [3.8, 4) is 39.5 Å². The number of alkyl halides is 3. The van der Waals surface area contributed by atoms with Gasteiger partial charge in [-0.05, 0) is 34.9 Å². The maximum atomic E-state index is 12.9. The van der Waals surface area contributed by atoms with Crippen LogP contribution in [0.3, 0.4) is 0 Å². The van der Waals surface area contributed by atoms with E-state index < -0.39 is 17.4 Å². The van der Waals surface area contributed by atoms with Gasteiger partial charge in [-0.15, -0.1) is 0 Å². The van der Waals surface area contributed by atoms with E-state index in [4.69, 9.17) is 18.6 Å². The fourth-order valence-corrected chi connectivity index (χ4v) is 3.74. The Labute approximate surface area is 186 Å². The quantitative estimate of drug-likeness (QED) is 0.336. The molecule has 0 radical (unpaired) electrons. The van der Waals surface area contributed by atoms with Crippen molar-refractivity contribution in [2.24, 2.45) is 0 Å². The molecule has 0 bridgehead atoms. The maximum absolute atomic E-state index is 12.9. The summed E-state index contributed by atoms with van der Waals surface area (Å²) in [6.07, 6.45) is -4.41. The second-order valence-electron chi connectivity index (χ2n) is 7.15. The van der Waals surface area contributed by atoms with Gasteiger partial charge in [-0.2, -0.15) is 13.2 Å². The number of hydrogen-bond donors (Lipinski definition) is 0. The lowest BCUT2D eigenvalue weighted by atomic mass is 9.96. The van der Waals surface area contributed by atoms with Gasteiger partial charge < -0.3 is 18.6 Å². The fourth-order valence-electron chi connectivity index (χ4n) is 3.74. The van der Waals surface area contributed by atoms with E-state index in [1.807, 2.05) is 0 Å². The smallest absolute Gasteiger partial charge is 0.416 e. The summed E-state index contributed by atoms with van der Waals surface area (Å²) < 4.78 is 60.5. The van der Waals surface area contributed by atoms with Crippen LogP contribution in [0.15, 0.2) is 69.9 Å². The van der Waals surface area contributed by atoms with E-state index in [0.29, 0.717) is 44.9 Å². The van der Waals surface area contributed by atoms with Crippen molar-refractivity contribution in [1.29, 1.82) is 0 Å². The molecule has 1 heterocycles. The van der Waals surface area contributed by atoms with Crippen LogP contribution in [0, 0.1) is 0 Å². The van der Waals surface area contributed by atoms with Crippen LogP contribution in [0.1, 0.15) is 5.56 Å². The highest BCUT2D eigenvalue weighted by Crippen LogP contribution is 2.46. The summed E-state index contributed by atoms with van der Waals surface area (Å²) >= 11 is 0. The Kier molecular flexibility index (Phi) is 5.76. The number of fused-ring (bicyclic) bond motifs is 1. The van der Waals surface area contributed by atoms with Crippen LogP contribution in [-0.2, 0) is 6.18 Å². The lowest BCUT2D eigenvalue weighted by Crippen LogP contribution is -2.04. The number of hydrogen-bond acceptors (Lipinski definition) is 5. The van der Waals surface area contributed by atoms with Gasteiger partial charge in [-0.25, -0.2) is 4.79 Å². The summed E-state index contributed by atoms with van der Waals surface area (Å²) in [6.45, 7) is 0. The molecule has 0 unspecified atom stereocenters. The summed E-state index contributed by atoms with van der Waals surface area (Å²) in [5.74, 6) is 0.993. The minimum Gasteiger partial charge on any atom is -0.493 e. The van der Waals surface area contributed by atoms with E-state index in [2.05, 4.69) is 0 Å². The largest absolute Gasteiger partial charge is 0.493 e. The van der Waals surface area contributed by atoms with Gasteiger partial charge in [-0.1, -0.05) is 30.3 Å². The summed E-state index contributed by atoms with van der Waals surface area (Å²) in [5.41, 5.74) is 1.40. The summed E-state index contributed by atoms with van der Waals surface area (Å²) in [7, 11) is 4.39. The van der Waals surface area contributed by atoms with Gasteiger partial charge in [0.15, 0.2) is 11.5 Å². The molecule has 170 valence electrons. The zero-order valence-electron chi connectivity index (χ0n) is 17.9. The van der Waals surface area contributed by atoms with Crippen molar-refractivity contribution in [2.45, 2.75) is 6.18 Å². The third kappa shape index (κ3) is 4.11. The lowest BCUT2D eigenvalue weighted by Gasteiger charge is -2.16. The van der Waals surface area contributed by atoms with Crippen molar-refractivity contribution in [1.82, 2.24) is 0 Å². The Morgan fingerprint density at radius 3 is 2.03 bits per heavy atom. The van der Waals surface area contributed by atoms with Crippen molar-refractivity contribution >= 4 is 11.0 Å². The Balaban J connectivity index is 1.92. The van der Waals surface area contributed by atoms with Gasteiger partial charge in [0, 0.05) is 17.7 Å². The molecule has 0 aliphatic rings.